The summed E-state index contributed by atoms with van der Waals surface area (Å²) < 4.78 is 10.9. The highest BCUT2D eigenvalue weighted by Gasteiger charge is 2.34. The van der Waals surface area contributed by atoms with Crippen LogP contribution >= 0.6 is 11.8 Å². The van der Waals surface area contributed by atoms with Gasteiger partial charge in [-0.25, -0.2) is 0 Å². The fourth-order valence-electron chi connectivity index (χ4n) is 2.63. The molecule has 3 amide bonds. The fraction of sp³-hybridized carbons (Fsp3) is 0.136. The molecular weight excluding hydrogens is 404 g/mol. The van der Waals surface area contributed by atoms with E-state index in [4.69, 9.17) is 15.9 Å². The number of imide groups is 1. The first-order valence-electron chi connectivity index (χ1n) is 8.86. The zero-order valence-corrected chi connectivity index (χ0v) is 16.9. The number of hydrogen-bond donors (Lipinski definition) is 1. The summed E-state index contributed by atoms with van der Waals surface area (Å²) in [5.41, 5.74) is 1.31. The van der Waals surface area contributed by atoms with Gasteiger partial charge in [0.1, 0.15) is 0 Å². The second-order valence-corrected chi connectivity index (χ2v) is 7.08. The Morgan fingerprint density at radius 2 is 1.97 bits per heavy atom. The number of carbonyl (C=O) groups is 3. The van der Waals surface area contributed by atoms with Gasteiger partial charge < -0.3 is 14.8 Å². The molecule has 7 nitrogen and oxygen atoms in total. The number of rotatable bonds is 7. The van der Waals surface area contributed by atoms with Crippen molar-refractivity contribution < 1.29 is 23.9 Å². The van der Waals surface area contributed by atoms with Crippen molar-refractivity contribution in [3.05, 3.63) is 59.0 Å². The molecule has 1 aliphatic heterocycles. The molecule has 1 aliphatic rings. The highest BCUT2D eigenvalue weighted by atomic mass is 32.2. The van der Waals surface area contributed by atoms with Crippen LogP contribution in [0.5, 0.6) is 11.5 Å². The molecule has 1 saturated heterocycles. The van der Waals surface area contributed by atoms with Crippen molar-refractivity contribution in [2.24, 2.45) is 0 Å². The molecule has 1 heterocycles. The third-order valence-corrected chi connectivity index (χ3v) is 4.93. The molecule has 3 rings (SSSR count). The Bertz CT molecular complexity index is 1040. The summed E-state index contributed by atoms with van der Waals surface area (Å²) in [6.07, 6.45) is 6.77. The van der Waals surface area contributed by atoms with Gasteiger partial charge in [0.05, 0.1) is 18.6 Å². The quantitative estimate of drug-likeness (QED) is 0.544. The second-order valence-electron chi connectivity index (χ2n) is 6.09. The van der Waals surface area contributed by atoms with Crippen molar-refractivity contribution >= 4 is 40.6 Å². The molecule has 2 aromatic rings. The molecule has 0 bridgehead atoms. The summed E-state index contributed by atoms with van der Waals surface area (Å²) in [6, 6.07) is 14.0. The highest BCUT2D eigenvalue weighted by molar-refractivity contribution is 8.18. The maximum absolute atomic E-state index is 12.3. The van der Waals surface area contributed by atoms with Gasteiger partial charge in [-0.2, -0.15) is 0 Å². The van der Waals surface area contributed by atoms with Crippen molar-refractivity contribution in [1.82, 2.24) is 4.90 Å². The number of ether oxygens (including phenoxy) is 2. The van der Waals surface area contributed by atoms with Gasteiger partial charge in [-0.05, 0) is 47.7 Å². The molecule has 8 heteroatoms. The third-order valence-electron chi connectivity index (χ3n) is 4.02. The highest BCUT2D eigenvalue weighted by Crippen LogP contribution is 2.34. The lowest BCUT2D eigenvalue weighted by atomic mass is 10.2. The van der Waals surface area contributed by atoms with Crippen LogP contribution in [0.1, 0.15) is 5.56 Å². The summed E-state index contributed by atoms with van der Waals surface area (Å²) in [5.74, 6) is 2.31. The topological polar surface area (TPSA) is 84.9 Å². The largest absolute Gasteiger partial charge is 0.493 e. The number of benzene rings is 2. The lowest BCUT2D eigenvalue weighted by molar-refractivity contribution is -0.122. The third kappa shape index (κ3) is 5.01. The molecule has 0 spiro atoms. The average Bonchev–Trinajstić information content (AvgIpc) is 3.01. The lowest BCUT2D eigenvalue weighted by Crippen LogP contribution is -2.28. The number of para-hydroxylation sites is 1. The Kier molecular flexibility index (Phi) is 6.78. The van der Waals surface area contributed by atoms with Crippen molar-refractivity contribution in [3.8, 4) is 23.8 Å². The number of thioether (sulfide) groups is 1. The van der Waals surface area contributed by atoms with Gasteiger partial charge in [-0.1, -0.05) is 30.2 Å². The average molecular weight is 422 g/mol. The molecule has 0 aromatic heterocycles. The van der Waals surface area contributed by atoms with Crippen LogP contribution in [-0.2, 0) is 9.59 Å². The molecule has 0 radical (unpaired) electrons. The number of nitrogens with zero attached hydrogens (tertiary/aromatic N) is 1. The molecule has 1 fully saturated rings. The van der Waals surface area contributed by atoms with Crippen LogP contribution in [-0.4, -0.2) is 42.2 Å². The van der Waals surface area contributed by atoms with Crippen molar-refractivity contribution in [2.75, 3.05) is 25.6 Å². The molecule has 1 N–H and O–H groups in total. The van der Waals surface area contributed by atoms with Crippen molar-refractivity contribution in [2.45, 2.75) is 0 Å². The molecular formula is C22H18N2O5S. The number of methoxy groups -OCH3 is 1. The molecule has 152 valence electrons. The Morgan fingerprint density at radius 3 is 2.67 bits per heavy atom. The van der Waals surface area contributed by atoms with Crippen molar-refractivity contribution in [1.29, 1.82) is 0 Å². The van der Waals surface area contributed by atoms with E-state index in [-0.39, 0.29) is 24.0 Å². The van der Waals surface area contributed by atoms with Gasteiger partial charge in [0.15, 0.2) is 18.1 Å². The van der Waals surface area contributed by atoms with Crippen molar-refractivity contribution in [3.63, 3.8) is 0 Å². The van der Waals surface area contributed by atoms with Crippen LogP contribution in [0.25, 0.3) is 6.08 Å². The zero-order valence-electron chi connectivity index (χ0n) is 16.1. The lowest BCUT2D eigenvalue weighted by Gasteiger charge is -2.12. The van der Waals surface area contributed by atoms with E-state index < -0.39 is 11.1 Å². The first kappa shape index (κ1) is 21.0. The first-order valence-corrected chi connectivity index (χ1v) is 9.68. The molecule has 0 saturated carbocycles. The van der Waals surface area contributed by atoms with Gasteiger partial charge in [0.25, 0.3) is 17.1 Å². The number of nitrogens with one attached hydrogen (secondary N) is 1. The van der Waals surface area contributed by atoms with E-state index >= 15 is 0 Å². The van der Waals surface area contributed by atoms with Gasteiger partial charge >= 0.3 is 0 Å². The number of terminal acetylenes is 1. The Balaban J connectivity index is 1.68. The minimum atomic E-state index is -0.431. The predicted octanol–water partition coefficient (Wildman–Crippen LogP) is 3.38. The number of hydrogen-bond acceptors (Lipinski definition) is 6. The summed E-state index contributed by atoms with van der Waals surface area (Å²) in [4.78, 5) is 37.5. The maximum atomic E-state index is 12.3. The van der Waals surface area contributed by atoms with E-state index in [2.05, 4.69) is 11.2 Å². The second kappa shape index (κ2) is 9.67. The summed E-state index contributed by atoms with van der Waals surface area (Å²) in [5, 5.41) is 2.33. The minimum Gasteiger partial charge on any atom is -0.493 e. The van der Waals surface area contributed by atoms with Gasteiger partial charge in [0.2, 0.25) is 0 Å². The van der Waals surface area contributed by atoms with E-state index in [1.165, 1.54) is 7.11 Å². The SMILES string of the molecule is C#CCN1C(=O)S/C(=C/c2ccc(OCC(=O)Nc3ccccc3)c(OC)c2)C1=O. The van der Waals surface area contributed by atoms with E-state index in [0.29, 0.717) is 22.7 Å². The summed E-state index contributed by atoms with van der Waals surface area (Å²) in [7, 11) is 1.47. The number of carbonyl (C=O) groups excluding carboxylic acids is 3. The molecule has 2 aromatic carbocycles. The fourth-order valence-corrected chi connectivity index (χ4v) is 3.47. The minimum absolute atomic E-state index is 0.0663. The van der Waals surface area contributed by atoms with Crippen LogP contribution in [0.2, 0.25) is 0 Å². The van der Waals surface area contributed by atoms with Gasteiger partial charge in [-0.3, -0.25) is 19.3 Å². The zero-order chi connectivity index (χ0) is 21.5. The number of anilines is 1. The smallest absolute Gasteiger partial charge is 0.294 e. The molecule has 30 heavy (non-hydrogen) atoms. The van der Waals surface area contributed by atoms with Gasteiger partial charge in [0, 0.05) is 5.69 Å². The first-order chi connectivity index (χ1) is 14.5. The van der Waals surface area contributed by atoms with E-state index in [1.807, 2.05) is 18.2 Å². The molecule has 0 unspecified atom stereocenters. The Hall–Kier alpha value is -3.70. The van der Waals surface area contributed by atoms with Crippen LogP contribution in [0, 0.1) is 12.3 Å². The summed E-state index contributed by atoms with van der Waals surface area (Å²) >= 11 is 0.827. The Morgan fingerprint density at radius 1 is 1.20 bits per heavy atom. The van der Waals surface area contributed by atoms with Gasteiger partial charge in [-0.15, -0.1) is 6.42 Å². The number of amides is 3. The normalized spacial score (nSPS) is 14.5. The van der Waals surface area contributed by atoms with E-state index in [9.17, 15) is 14.4 Å². The standard InChI is InChI=1S/C22H18N2O5S/c1-3-11-24-21(26)19(30-22(24)27)13-15-9-10-17(18(12-15)28-2)29-14-20(25)23-16-7-5-4-6-8-16/h1,4-10,12-13H,11,14H2,2H3,(H,23,25)/b19-13+. The van der Waals surface area contributed by atoms with Crippen LogP contribution < -0.4 is 14.8 Å². The molecule has 0 atom stereocenters. The predicted molar refractivity (Wildman–Crippen MR) is 115 cm³/mol. The van der Waals surface area contributed by atoms with Crippen LogP contribution in [0.4, 0.5) is 10.5 Å². The van der Waals surface area contributed by atoms with Crippen LogP contribution in [0.3, 0.4) is 0 Å². The summed E-state index contributed by atoms with van der Waals surface area (Å²) in [6.45, 7) is -0.265. The van der Waals surface area contributed by atoms with E-state index in [0.717, 1.165) is 16.7 Å². The monoisotopic (exact) mass is 422 g/mol. The van der Waals surface area contributed by atoms with Crippen LogP contribution in [0.15, 0.2) is 53.4 Å². The Labute approximate surface area is 178 Å². The molecule has 0 aliphatic carbocycles. The van der Waals surface area contributed by atoms with E-state index in [1.54, 1.807) is 36.4 Å². The maximum Gasteiger partial charge on any atom is 0.294 e.